The Morgan fingerprint density at radius 3 is 2.93 bits per heavy atom. The molecule has 3 aromatic rings. The monoisotopic (exact) mass is 382 g/mol. The van der Waals surface area contributed by atoms with Gasteiger partial charge in [-0.1, -0.05) is 0 Å². The Morgan fingerprint density at radius 2 is 2.25 bits per heavy atom. The number of hydrogen-bond donors (Lipinski definition) is 2. The van der Waals surface area contributed by atoms with Gasteiger partial charge in [-0.25, -0.2) is 9.78 Å². The van der Waals surface area contributed by atoms with Crippen LogP contribution in [0.2, 0.25) is 0 Å². The van der Waals surface area contributed by atoms with Crippen molar-refractivity contribution in [3.63, 3.8) is 0 Å². The van der Waals surface area contributed by atoms with Gasteiger partial charge in [0.05, 0.1) is 12.8 Å². The summed E-state index contributed by atoms with van der Waals surface area (Å²) in [6.45, 7) is 3.82. The van der Waals surface area contributed by atoms with Gasteiger partial charge in [-0.15, -0.1) is 0 Å². The first-order chi connectivity index (χ1) is 13.4. The lowest BCUT2D eigenvalue weighted by molar-refractivity contribution is 0.1000. The Labute approximate surface area is 161 Å². The molecule has 0 bridgehead atoms. The van der Waals surface area contributed by atoms with Crippen LogP contribution in [0.25, 0.3) is 11.2 Å². The summed E-state index contributed by atoms with van der Waals surface area (Å²) in [5.74, 6) is 0.208. The lowest BCUT2D eigenvalue weighted by atomic mass is 10.1. The Hall–Kier alpha value is -3.20. The molecule has 2 aromatic heterocycles. The highest BCUT2D eigenvalue weighted by molar-refractivity contribution is 5.93. The van der Waals surface area contributed by atoms with E-state index in [9.17, 15) is 9.59 Å². The predicted octanol–water partition coefficient (Wildman–Crippen LogP) is 1.32. The smallest absolute Gasteiger partial charge is 0.330 e. The Kier molecular flexibility index (Phi) is 4.60. The van der Waals surface area contributed by atoms with E-state index >= 15 is 0 Å². The van der Waals surface area contributed by atoms with Crippen molar-refractivity contribution in [2.24, 2.45) is 18.7 Å². The maximum Gasteiger partial charge on any atom is 0.330 e. The zero-order valence-corrected chi connectivity index (χ0v) is 15.8. The molecule has 9 heteroatoms. The molecule has 9 nitrogen and oxygen atoms in total. The number of nitrogens with two attached hydrogens (primary N) is 1. The Morgan fingerprint density at radius 1 is 1.43 bits per heavy atom. The summed E-state index contributed by atoms with van der Waals surface area (Å²) in [7, 11) is 1.72. The summed E-state index contributed by atoms with van der Waals surface area (Å²) < 4.78 is 8.67. The van der Waals surface area contributed by atoms with Gasteiger partial charge in [0.2, 0.25) is 11.9 Å². The van der Waals surface area contributed by atoms with Gasteiger partial charge in [0.15, 0.2) is 5.65 Å². The van der Waals surface area contributed by atoms with Crippen molar-refractivity contribution in [1.82, 2.24) is 19.1 Å². The number of carbonyl (C=O) groups is 1. The first-order valence-electron chi connectivity index (χ1n) is 9.11. The van der Waals surface area contributed by atoms with Crippen molar-refractivity contribution in [3.05, 3.63) is 46.0 Å². The van der Waals surface area contributed by atoms with Crippen LogP contribution < -0.4 is 16.7 Å². The number of imidazole rings is 1. The van der Waals surface area contributed by atoms with Gasteiger partial charge < -0.3 is 15.8 Å². The molecule has 0 spiro atoms. The second-order valence-corrected chi connectivity index (χ2v) is 7.10. The van der Waals surface area contributed by atoms with Crippen LogP contribution in [0, 0.1) is 12.8 Å². The number of rotatable bonds is 5. The van der Waals surface area contributed by atoms with Crippen LogP contribution in [0.1, 0.15) is 22.3 Å². The summed E-state index contributed by atoms with van der Waals surface area (Å²) >= 11 is 0. The molecule has 4 rings (SSSR count). The summed E-state index contributed by atoms with van der Waals surface area (Å²) in [6, 6.07) is 5.12. The molecule has 0 radical (unpaired) electrons. The van der Waals surface area contributed by atoms with Crippen molar-refractivity contribution in [2.45, 2.75) is 19.9 Å². The lowest BCUT2D eigenvalue weighted by Gasteiger charge is -2.10. The fourth-order valence-electron chi connectivity index (χ4n) is 3.46. The molecule has 1 amide bonds. The molecule has 1 aliphatic rings. The summed E-state index contributed by atoms with van der Waals surface area (Å²) in [5, 5.41) is 3.16. The van der Waals surface area contributed by atoms with E-state index in [0.29, 0.717) is 41.7 Å². The third kappa shape index (κ3) is 3.24. The fraction of sp³-hybridized carbons (Fsp3) is 0.368. The van der Waals surface area contributed by atoms with Crippen LogP contribution in [0.5, 0.6) is 0 Å². The topological polar surface area (TPSA) is 117 Å². The number of ether oxygens (including phenoxy) is 1. The minimum atomic E-state index is -0.475. The number of aromatic nitrogens is 4. The number of aryl methyl sites for hydroxylation is 2. The molecule has 0 aliphatic carbocycles. The number of fused-ring (bicyclic) bond motifs is 1. The summed E-state index contributed by atoms with van der Waals surface area (Å²) in [4.78, 5) is 32.9. The first-order valence-corrected chi connectivity index (χ1v) is 9.11. The van der Waals surface area contributed by atoms with Gasteiger partial charge in [0.25, 0.3) is 0 Å². The van der Waals surface area contributed by atoms with Crippen molar-refractivity contribution in [2.75, 3.05) is 18.5 Å². The molecule has 1 aromatic carbocycles. The maximum absolute atomic E-state index is 12.7. The molecule has 1 fully saturated rings. The zero-order chi connectivity index (χ0) is 19.8. The van der Waals surface area contributed by atoms with Gasteiger partial charge in [0.1, 0.15) is 5.52 Å². The Balaban J connectivity index is 1.69. The van der Waals surface area contributed by atoms with Gasteiger partial charge >= 0.3 is 5.69 Å². The largest absolute Gasteiger partial charge is 0.381 e. The number of carbonyl (C=O) groups excluding carboxylic acids is 1. The fourth-order valence-corrected chi connectivity index (χ4v) is 3.46. The lowest BCUT2D eigenvalue weighted by Crippen LogP contribution is -2.25. The molecule has 3 N–H and O–H groups in total. The van der Waals surface area contributed by atoms with Crippen LogP contribution in [0.4, 0.5) is 11.6 Å². The minimum Gasteiger partial charge on any atom is -0.381 e. The van der Waals surface area contributed by atoms with Crippen LogP contribution in [0.3, 0.4) is 0 Å². The first kappa shape index (κ1) is 18.2. The minimum absolute atomic E-state index is 0.115. The third-order valence-electron chi connectivity index (χ3n) is 5.11. The molecule has 3 heterocycles. The Bertz CT molecular complexity index is 1110. The van der Waals surface area contributed by atoms with Crippen molar-refractivity contribution < 1.29 is 9.53 Å². The van der Waals surface area contributed by atoms with Gasteiger partial charge in [-0.3, -0.25) is 13.9 Å². The summed E-state index contributed by atoms with van der Waals surface area (Å²) in [6.07, 6.45) is 2.57. The molecular weight excluding hydrogens is 360 g/mol. The maximum atomic E-state index is 12.7. The third-order valence-corrected chi connectivity index (χ3v) is 5.11. The molecule has 0 saturated carbocycles. The van der Waals surface area contributed by atoms with E-state index in [2.05, 4.69) is 15.3 Å². The predicted molar refractivity (Wildman–Crippen MR) is 105 cm³/mol. The highest BCUT2D eigenvalue weighted by Crippen LogP contribution is 2.22. The second-order valence-electron chi connectivity index (χ2n) is 7.10. The molecule has 1 atom stereocenters. The number of amides is 1. The van der Waals surface area contributed by atoms with Crippen molar-refractivity contribution in [3.8, 4) is 0 Å². The molecule has 28 heavy (non-hydrogen) atoms. The number of primary amides is 1. The molecule has 146 valence electrons. The average molecular weight is 382 g/mol. The molecule has 1 aliphatic heterocycles. The van der Waals surface area contributed by atoms with Crippen LogP contribution >= 0.6 is 0 Å². The number of hydrogen-bond acceptors (Lipinski definition) is 6. The van der Waals surface area contributed by atoms with Gasteiger partial charge in [-0.05, 0) is 37.1 Å². The van der Waals surface area contributed by atoms with E-state index in [0.717, 1.165) is 24.3 Å². The second kappa shape index (κ2) is 7.08. The molecular formula is C19H22N6O3. The number of benzene rings is 1. The zero-order valence-electron chi connectivity index (χ0n) is 15.8. The SMILES string of the molecule is Cc1cc(C(N)=O)ccc1Nc1ncc2c(n1)n(C[C@H]1CCOC1)c(=O)n2C. The normalized spacial score (nSPS) is 16.6. The highest BCUT2D eigenvalue weighted by atomic mass is 16.5. The molecule has 0 unspecified atom stereocenters. The van der Waals surface area contributed by atoms with E-state index in [4.69, 9.17) is 10.5 Å². The van der Waals surface area contributed by atoms with E-state index in [1.54, 1.807) is 40.6 Å². The van der Waals surface area contributed by atoms with Crippen LogP contribution in [0.15, 0.2) is 29.2 Å². The van der Waals surface area contributed by atoms with Crippen molar-refractivity contribution >= 4 is 28.7 Å². The number of nitrogens with one attached hydrogen (secondary N) is 1. The van der Waals surface area contributed by atoms with Crippen molar-refractivity contribution in [1.29, 1.82) is 0 Å². The van der Waals surface area contributed by atoms with Gasteiger partial charge in [-0.2, -0.15) is 4.98 Å². The van der Waals surface area contributed by atoms with Gasteiger partial charge in [0, 0.05) is 37.4 Å². The number of anilines is 2. The standard InChI is InChI=1S/C19H22N6O3/c1-11-7-13(16(20)26)3-4-14(11)22-18-21-8-15-17(23-18)25(19(27)24(15)2)9-12-5-6-28-10-12/h3-4,7-8,12H,5-6,9-10H2,1-2H3,(H2,20,26)(H,21,22,23)/t12-/m1/s1. The van der Waals surface area contributed by atoms with Crippen LogP contribution in [-0.2, 0) is 18.3 Å². The van der Waals surface area contributed by atoms with E-state index in [-0.39, 0.29) is 5.69 Å². The van der Waals surface area contributed by atoms with E-state index < -0.39 is 5.91 Å². The van der Waals surface area contributed by atoms with E-state index in [1.165, 1.54) is 0 Å². The van der Waals surface area contributed by atoms with E-state index in [1.807, 2.05) is 6.92 Å². The van der Waals surface area contributed by atoms with Crippen LogP contribution in [-0.4, -0.2) is 38.2 Å². The average Bonchev–Trinajstić information content (AvgIpc) is 3.26. The summed E-state index contributed by atoms with van der Waals surface area (Å²) in [5.41, 5.74) is 8.51. The quantitative estimate of drug-likeness (QED) is 0.687. The number of nitrogens with zero attached hydrogens (tertiary/aromatic N) is 4. The highest BCUT2D eigenvalue weighted by Gasteiger charge is 2.21. The molecule has 1 saturated heterocycles.